The Kier molecular flexibility index (Phi) is 16.8. The van der Waals surface area contributed by atoms with E-state index in [1.54, 1.807) is 7.05 Å². The predicted molar refractivity (Wildman–Crippen MR) is 170 cm³/mol. The molecule has 0 aromatic carbocycles. The van der Waals surface area contributed by atoms with Gasteiger partial charge in [0.25, 0.3) is 0 Å². The average molecular weight is 589 g/mol. The van der Waals surface area contributed by atoms with Gasteiger partial charge in [-0.15, -0.1) is 10.2 Å². The van der Waals surface area contributed by atoms with Crippen molar-refractivity contribution in [1.82, 2.24) is 40.6 Å². The summed E-state index contributed by atoms with van der Waals surface area (Å²) < 4.78 is 3.84. The van der Waals surface area contributed by atoms with E-state index in [4.69, 9.17) is 0 Å². The summed E-state index contributed by atoms with van der Waals surface area (Å²) in [4.78, 5) is 23.3. The minimum atomic E-state index is -0.0288. The summed E-state index contributed by atoms with van der Waals surface area (Å²) in [6, 6.07) is -0.0288. The predicted octanol–water partition coefficient (Wildman–Crippen LogP) is 5.41. The summed E-state index contributed by atoms with van der Waals surface area (Å²) >= 11 is 0. The van der Waals surface area contributed by atoms with E-state index in [2.05, 4.69) is 79.7 Å². The van der Waals surface area contributed by atoms with Crippen LogP contribution < -0.4 is 10.6 Å². The standard InChI is InChI=1S/2C16H30N4O/c1-6-13(15(21)17-5)8-7-11-20-14(12-18-19-20)9-10-16(2,3)4;1-6-14(15(21)7-2)17-10-11-20-12-13(18-19-20)8-9-16(3,4)5/h12-13H,6-11H2,1-5H3,(H,17,21);12,14,17H,6-11H2,1-5H3. The molecule has 42 heavy (non-hydrogen) atoms. The number of aromatic nitrogens is 6. The van der Waals surface area contributed by atoms with Crippen LogP contribution in [-0.2, 0) is 35.5 Å². The van der Waals surface area contributed by atoms with Crippen LogP contribution in [0.2, 0.25) is 0 Å². The van der Waals surface area contributed by atoms with Gasteiger partial charge >= 0.3 is 0 Å². The minimum Gasteiger partial charge on any atom is -0.359 e. The highest BCUT2D eigenvalue weighted by molar-refractivity contribution is 5.83. The van der Waals surface area contributed by atoms with Crippen LogP contribution in [0.1, 0.15) is 119 Å². The van der Waals surface area contributed by atoms with Crippen LogP contribution in [0.5, 0.6) is 0 Å². The van der Waals surface area contributed by atoms with Crippen molar-refractivity contribution < 1.29 is 9.59 Å². The van der Waals surface area contributed by atoms with Gasteiger partial charge < -0.3 is 10.6 Å². The molecule has 2 unspecified atom stereocenters. The minimum absolute atomic E-state index is 0.0288. The molecule has 0 aliphatic heterocycles. The van der Waals surface area contributed by atoms with E-state index in [0.29, 0.717) is 17.3 Å². The number of nitrogens with one attached hydrogen (secondary N) is 2. The Morgan fingerprint density at radius 2 is 1.60 bits per heavy atom. The second kappa shape index (κ2) is 18.8. The molecule has 2 rings (SSSR count). The Hall–Kier alpha value is -2.62. The molecule has 2 N–H and O–H groups in total. The molecule has 0 radical (unpaired) electrons. The number of carbonyl (C=O) groups excluding carboxylic acids is 2. The largest absolute Gasteiger partial charge is 0.359 e. The molecule has 2 atom stereocenters. The van der Waals surface area contributed by atoms with Gasteiger partial charge in [0.15, 0.2) is 0 Å². The number of rotatable bonds is 17. The second-order valence-corrected chi connectivity index (χ2v) is 13.6. The molecule has 2 heterocycles. The molecule has 240 valence electrons. The summed E-state index contributed by atoms with van der Waals surface area (Å²) in [5.74, 6) is 0.530. The van der Waals surface area contributed by atoms with Gasteiger partial charge in [0.1, 0.15) is 5.78 Å². The van der Waals surface area contributed by atoms with Gasteiger partial charge in [-0.1, -0.05) is 72.7 Å². The van der Waals surface area contributed by atoms with Gasteiger partial charge in [-0.25, -0.2) is 4.68 Å². The summed E-state index contributed by atoms with van der Waals surface area (Å²) in [6.07, 6.45) is 12.2. The average Bonchev–Trinajstić information content (AvgIpc) is 3.59. The van der Waals surface area contributed by atoms with E-state index in [1.807, 2.05) is 35.6 Å². The van der Waals surface area contributed by atoms with E-state index >= 15 is 0 Å². The van der Waals surface area contributed by atoms with Crippen LogP contribution in [0.15, 0.2) is 12.4 Å². The zero-order valence-electron chi connectivity index (χ0n) is 28.3. The van der Waals surface area contributed by atoms with E-state index in [9.17, 15) is 9.59 Å². The smallest absolute Gasteiger partial charge is 0.222 e. The number of ketones is 1. The Morgan fingerprint density at radius 3 is 2.17 bits per heavy atom. The Labute approximate surface area is 255 Å². The van der Waals surface area contributed by atoms with Gasteiger partial charge in [-0.2, -0.15) is 0 Å². The number of amides is 1. The topological polar surface area (TPSA) is 120 Å². The lowest BCUT2D eigenvalue weighted by atomic mass is 9.90. The fourth-order valence-corrected chi connectivity index (χ4v) is 4.53. The second-order valence-electron chi connectivity index (χ2n) is 13.6. The Balaban J connectivity index is 0.000000420. The fraction of sp³-hybridized carbons (Fsp3) is 0.812. The maximum atomic E-state index is 11.7. The Bertz CT molecular complexity index is 1030. The first-order valence-electron chi connectivity index (χ1n) is 16.0. The van der Waals surface area contributed by atoms with Gasteiger partial charge in [0, 0.05) is 38.7 Å². The molecule has 0 aliphatic carbocycles. The third kappa shape index (κ3) is 15.6. The van der Waals surface area contributed by atoms with Crippen molar-refractivity contribution >= 4 is 11.7 Å². The van der Waals surface area contributed by atoms with Gasteiger partial charge in [0.05, 0.1) is 30.2 Å². The normalized spacial score (nSPS) is 13.3. The first kappa shape index (κ1) is 37.4. The lowest BCUT2D eigenvalue weighted by molar-refractivity contribution is -0.125. The van der Waals surface area contributed by atoms with Crippen molar-refractivity contribution in [2.24, 2.45) is 16.7 Å². The zero-order valence-corrected chi connectivity index (χ0v) is 28.3. The highest BCUT2D eigenvalue weighted by Gasteiger charge is 2.17. The van der Waals surface area contributed by atoms with Crippen LogP contribution in [0.4, 0.5) is 0 Å². The van der Waals surface area contributed by atoms with Crippen LogP contribution in [0, 0.1) is 16.7 Å². The highest BCUT2D eigenvalue weighted by atomic mass is 16.1. The monoisotopic (exact) mass is 588 g/mol. The Morgan fingerprint density at radius 1 is 0.929 bits per heavy atom. The van der Waals surface area contributed by atoms with Crippen molar-refractivity contribution in [2.75, 3.05) is 13.6 Å². The molecule has 0 bridgehead atoms. The van der Waals surface area contributed by atoms with Crippen molar-refractivity contribution in [3.63, 3.8) is 0 Å². The van der Waals surface area contributed by atoms with E-state index in [-0.39, 0.29) is 23.7 Å². The molecule has 10 nitrogen and oxygen atoms in total. The maximum absolute atomic E-state index is 11.7. The molecular formula is C32H60N8O2. The molecule has 0 aliphatic rings. The number of Topliss-reactive ketones (excluding diaryl/α,β-unsaturated/α-hetero) is 1. The lowest BCUT2D eigenvalue weighted by Crippen LogP contribution is -2.37. The highest BCUT2D eigenvalue weighted by Crippen LogP contribution is 2.22. The molecule has 0 spiro atoms. The van der Waals surface area contributed by atoms with Crippen LogP contribution in [-0.4, -0.2) is 61.3 Å². The molecule has 0 saturated heterocycles. The number of hydrogen-bond acceptors (Lipinski definition) is 7. The van der Waals surface area contributed by atoms with Crippen LogP contribution in [0.25, 0.3) is 0 Å². The van der Waals surface area contributed by atoms with Crippen molar-refractivity contribution in [2.45, 2.75) is 139 Å². The first-order valence-corrected chi connectivity index (χ1v) is 16.0. The van der Waals surface area contributed by atoms with Crippen molar-refractivity contribution in [3.05, 3.63) is 23.8 Å². The molecule has 10 heteroatoms. The van der Waals surface area contributed by atoms with E-state index in [1.165, 1.54) is 5.69 Å². The zero-order chi connectivity index (χ0) is 31.8. The third-order valence-electron chi connectivity index (χ3n) is 7.46. The number of nitrogens with zero attached hydrogens (tertiary/aromatic N) is 6. The van der Waals surface area contributed by atoms with Gasteiger partial charge in [0.2, 0.25) is 5.91 Å². The fourth-order valence-electron chi connectivity index (χ4n) is 4.53. The SMILES string of the molecule is CCC(=O)C(CC)NCCn1cc(CCC(C)(C)C)nn1.CCC(CCCn1nncc1CCC(C)(C)C)C(=O)NC. The van der Waals surface area contributed by atoms with E-state index in [0.717, 1.165) is 76.7 Å². The molecule has 0 saturated carbocycles. The van der Waals surface area contributed by atoms with Crippen molar-refractivity contribution in [3.8, 4) is 0 Å². The van der Waals surface area contributed by atoms with Gasteiger partial charge in [-0.05, 0) is 62.2 Å². The number of aryl methyl sites for hydroxylation is 3. The summed E-state index contributed by atoms with van der Waals surface area (Å²) in [5.41, 5.74) is 2.88. The summed E-state index contributed by atoms with van der Waals surface area (Å²) in [7, 11) is 1.70. The number of carbonyl (C=O) groups is 2. The van der Waals surface area contributed by atoms with E-state index < -0.39 is 0 Å². The van der Waals surface area contributed by atoms with Crippen LogP contribution in [0.3, 0.4) is 0 Å². The molecule has 0 fully saturated rings. The lowest BCUT2D eigenvalue weighted by Gasteiger charge is -2.18. The summed E-state index contributed by atoms with van der Waals surface area (Å²) in [5, 5.41) is 22.6. The van der Waals surface area contributed by atoms with Crippen molar-refractivity contribution in [1.29, 1.82) is 0 Å². The quantitative estimate of drug-likeness (QED) is 0.253. The van der Waals surface area contributed by atoms with Crippen LogP contribution >= 0.6 is 0 Å². The molecule has 2 aromatic heterocycles. The molecular weight excluding hydrogens is 528 g/mol. The maximum Gasteiger partial charge on any atom is 0.222 e. The molecule has 2 aromatic rings. The molecule has 1 amide bonds. The number of hydrogen-bond donors (Lipinski definition) is 2. The van der Waals surface area contributed by atoms with Gasteiger partial charge in [-0.3, -0.25) is 14.3 Å². The third-order valence-corrected chi connectivity index (χ3v) is 7.46. The summed E-state index contributed by atoms with van der Waals surface area (Å²) in [6.45, 7) is 21.8. The first-order chi connectivity index (χ1) is 19.7.